The fourth-order valence-electron chi connectivity index (χ4n) is 17.6. The van der Waals surface area contributed by atoms with Crippen LogP contribution in [0.2, 0.25) is 0 Å². The molecule has 0 radical (unpaired) electrons. The Morgan fingerprint density at radius 2 is 0.626 bits per heavy atom. The van der Waals surface area contributed by atoms with Crippen LogP contribution < -0.4 is 16.0 Å². The number of nitrogens with one attached hydrogen (secondary N) is 3. The zero-order chi connectivity index (χ0) is 95.6. The van der Waals surface area contributed by atoms with Crippen LogP contribution in [0.15, 0.2) is 24.3 Å². The van der Waals surface area contributed by atoms with E-state index in [9.17, 15) is 122 Å². The van der Waals surface area contributed by atoms with Crippen LogP contribution in [0.4, 0.5) is 0 Å². The molecule has 0 spiro atoms. The molecule has 0 aromatic carbocycles. The Bertz CT molecular complexity index is 3130. The molecule has 24 N–H and O–H groups in total. The molecule has 41 nitrogen and oxygen atoms in total. The molecule has 0 aromatic rings. The number of unbranched alkanes of at least 4 members (excludes halogenated alkanes) is 30. The normalized spacial score (nSPS) is 37.2. The molecule has 131 heavy (non-hydrogen) atoms. The minimum absolute atomic E-state index is 0.160. The molecule has 7 saturated heterocycles. The van der Waals surface area contributed by atoms with Gasteiger partial charge in [0.2, 0.25) is 17.7 Å². The number of aliphatic hydroxyl groups is 21. The molecule has 0 saturated carbocycles. The molecule has 3 amide bonds. The highest BCUT2D eigenvalue weighted by molar-refractivity contribution is 5.76. The van der Waals surface area contributed by atoms with Gasteiger partial charge in [-0.3, -0.25) is 14.4 Å². The Kier molecular flexibility index (Phi) is 54.0. The van der Waals surface area contributed by atoms with Crippen LogP contribution in [0, 0.1) is 0 Å². The van der Waals surface area contributed by atoms with Gasteiger partial charge in [0, 0.05) is 20.3 Å². The molecular weight excluding hydrogens is 1730 g/mol. The lowest BCUT2D eigenvalue weighted by Gasteiger charge is -2.51. The zero-order valence-corrected chi connectivity index (χ0v) is 76.7. The minimum atomic E-state index is -2.37. The highest BCUT2D eigenvalue weighted by Crippen LogP contribution is 2.39. The second-order valence-electron chi connectivity index (χ2n) is 36.0. The highest BCUT2D eigenvalue weighted by atomic mass is 16.8. The molecule has 7 rings (SSSR count). The third-order valence-electron chi connectivity index (χ3n) is 25.5. The van der Waals surface area contributed by atoms with Gasteiger partial charge >= 0.3 is 0 Å². The van der Waals surface area contributed by atoms with Crippen molar-refractivity contribution < 1.29 is 188 Å². The van der Waals surface area contributed by atoms with Crippen LogP contribution >= 0.6 is 0 Å². The molecule has 41 heteroatoms. The predicted octanol–water partition coefficient (Wildman–Crippen LogP) is -1.70. The van der Waals surface area contributed by atoms with E-state index < -0.39 is 292 Å². The third-order valence-corrected chi connectivity index (χ3v) is 25.5. The quantitative estimate of drug-likeness (QED) is 0.0238. The molecule has 7 aliphatic heterocycles. The van der Waals surface area contributed by atoms with Crippen molar-refractivity contribution in [1.82, 2.24) is 16.0 Å². The van der Waals surface area contributed by atoms with Crippen molar-refractivity contribution in [3.63, 3.8) is 0 Å². The number of allylic oxidation sites excluding steroid dienone is 3. The topological polar surface area (TPSA) is 641 Å². The van der Waals surface area contributed by atoms with E-state index in [1.165, 1.54) is 148 Å². The molecule has 37 atom stereocenters. The maximum absolute atomic E-state index is 13.6. The number of ether oxygens (including phenoxy) is 14. The first kappa shape index (κ1) is 114. The van der Waals surface area contributed by atoms with Crippen LogP contribution in [-0.4, -0.2) is 405 Å². The van der Waals surface area contributed by atoms with E-state index in [4.69, 9.17) is 66.3 Å². The summed E-state index contributed by atoms with van der Waals surface area (Å²) in [4.78, 5) is 39.7. The van der Waals surface area contributed by atoms with E-state index in [2.05, 4.69) is 41.9 Å². The van der Waals surface area contributed by atoms with Crippen molar-refractivity contribution in [2.24, 2.45) is 0 Å². The molecule has 0 bridgehead atoms. The summed E-state index contributed by atoms with van der Waals surface area (Å²) in [6.45, 7) is -1.10. The van der Waals surface area contributed by atoms with Crippen molar-refractivity contribution in [1.29, 1.82) is 0 Å². The largest absolute Gasteiger partial charge is 0.394 e. The van der Waals surface area contributed by atoms with E-state index in [0.29, 0.717) is 12.8 Å². The monoisotopic (exact) mass is 1890 g/mol. The van der Waals surface area contributed by atoms with E-state index in [-0.39, 0.29) is 12.3 Å². The van der Waals surface area contributed by atoms with Gasteiger partial charge in [0.1, 0.15) is 171 Å². The first-order chi connectivity index (χ1) is 63.0. The Morgan fingerprint density at radius 3 is 1.05 bits per heavy atom. The summed E-state index contributed by atoms with van der Waals surface area (Å²) in [6.07, 6.45) is -20.3. The number of amides is 3. The maximum Gasteiger partial charge on any atom is 0.220 e. The minimum Gasteiger partial charge on any atom is -0.394 e. The number of hydrogen-bond donors (Lipinski definition) is 24. The van der Waals surface area contributed by atoms with Crippen molar-refractivity contribution >= 4 is 17.7 Å². The average Bonchev–Trinajstić information content (AvgIpc) is 0.763. The molecule has 7 aliphatic rings. The smallest absolute Gasteiger partial charge is 0.220 e. The van der Waals surface area contributed by atoms with Gasteiger partial charge in [0.25, 0.3) is 0 Å². The predicted molar refractivity (Wildman–Crippen MR) is 463 cm³/mol. The fourth-order valence-corrected chi connectivity index (χ4v) is 17.6. The first-order valence-electron chi connectivity index (χ1n) is 48.1. The summed E-state index contributed by atoms with van der Waals surface area (Å²) < 4.78 is 83.2. The number of hydrogen-bond acceptors (Lipinski definition) is 38. The van der Waals surface area contributed by atoms with Gasteiger partial charge < -0.3 is 190 Å². The summed E-state index contributed by atoms with van der Waals surface area (Å²) >= 11 is 0. The Labute approximate surface area is 768 Å². The van der Waals surface area contributed by atoms with E-state index >= 15 is 0 Å². The maximum atomic E-state index is 13.6. The van der Waals surface area contributed by atoms with E-state index in [0.717, 1.165) is 65.2 Å². The van der Waals surface area contributed by atoms with E-state index in [1.807, 2.05) is 6.08 Å². The second kappa shape index (κ2) is 61.8. The fraction of sp³-hybridized carbons (Fsp3) is 0.922. The lowest BCUT2D eigenvalue weighted by molar-refractivity contribution is -0.390. The van der Waals surface area contributed by atoms with Crippen molar-refractivity contribution in [3.05, 3.63) is 24.3 Å². The van der Waals surface area contributed by atoms with Crippen LogP contribution in [0.1, 0.15) is 246 Å². The second-order valence-corrected chi connectivity index (χ2v) is 36.0. The average molecular weight is 1890 g/mol. The zero-order valence-electron chi connectivity index (χ0n) is 76.7. The Morgan fingerprint density at radius 1 is 0.305 bits per heavy atom. The Balaban J connectivity index is 0.981. The molecule has 0 aliphatic carbocycles. The summed E-state index contributed by atoms with van der Waals surface area (Å²) in [7, 11) is 0. The van der Waals surface area contributed by atoms with Crippen molar-refractivity contribution in [3.8, 4) is 0 Å². The summed E-state index contributed by atoms with van der Waals surface area (Å²) in [6, 6.07) is -4.77. The highest BCUT2D eigenvalue weighted by Gasteiger charge is 2.59. The van der Waals surface area contributed by atoms with Gasteiger partial charge in [0.05, 0.1) is 65.0 Å². The van der Waals surface area contributed by atoms with Crippen molar-refractivity contribution in [2.45, 2.75) is 473 Å². The van der Waals surface area contributed by atoms with Crippen LogP contribution in [0.3, 0.4) is 0 Å². The van der Waals surface area contributed by atoms with Crippen LogP contribution in [-0.2, 0) is 80.7 Å². The van der Waals surface area contributed by atoms with Gasteiger partial charge in [-0.15, -0.1) is 0 Å². The Hall–Kier alpha value is -3.51. The van der Waals surface area contributed by atoms with E-state index in [1.54, 1.807) is 6.08 Å². The summed E-state index contributed by atoms with van der Waals surface area (Å²) in [5.41, 5.74) is 0. The van der Waals surface area contributed by atoms with Gasteiger partial charge in [0.15, 0.2) is 44.0 Å². The molecule has 7 fully saturated rings. The molecule has 764 valence electrons. The van der Waals surface area contributed by atoms with Crippen LogP contribution in [0.25, 0.3) is 0 Å². The van der Waals surface area contributed by atoms with Crippen molar-refractivity contribution in [2.75, 3.05) is 52.9 Å². The first-order valence-corrected chi connectivity index (χ1v) is 48.1. The SMILES string of the molecule is CCCCCCCC/C=C\CCCCCCCCCCCCCCCC(=O)N[C@@H](CO[C@@H]1OC(CO)[C@@H](O[C@@H]2OC(CO)[C@H](O[C@@H]3OC(CO)[C@H](O)[C@H](O[C@@H]4OC(CO[C@@H]5OC(CO)[C@@H](O[C@@H]6OC(CO)[C@H](O)[C@H](O)C6O)[C@H](O)C5NC(C)=O)[C@H](O)[C@H](O[C@@H]5OC(CO)[C@H](O)[C@H](O)C5O)C4NC(C)=O)C3O)[C@H](O)C2O)[C@H](O)C1O)[C@H](O)/C=C/CCCCCCCCCCCCC. The number of aliphatic hydroxyl groups excluding tert-OH is 21. The lowest BCUT2D eigenvalue weighted by Crippen LogP contribution is -2.70. The van der Waals surface area contributed by atoms with Gasteiger partial charge in [-0.05, 0) is 44.9 Å². The van der Waals surface area contributed by atoms with Gasteiger partial charge in [-0.25, -0.2) is 0 Å². The number of carbonyl (C=O) groups excluding carboxylic acids is 3. The molecule has 0 aromatic heterocycles. The third kappa shape index (κ3) is 35.7. The standard InChI is InChI=1S/C90H161N3O38/c1-5-7-9-11-13-15-17-19-20-21-22-23-24-25-26-27-28-30-32-34-36-38-40-42-62(103)93-53(54(102)41-39-37-35-33-31-29-18-16-14-12-10-8-6-2)49-118-86-76(115)72(111)80(59(47-98)124-86)128-89-77(116)73(112)81(60(48-99)125-89)129-90-78(117)83(67(106)57(45-96)122-90)131-85-64(92-52(4)101)82(130-88-75(114)71(110)66(105)56(44-95)121-88)68(107)61(126-85)50-119-84-63(91-51(3)100)69(108)79(58(46-97)123-84)127-87-74(113)70(109)65(104)55(43-94)120-87/h19-20,39,41,53-61,63-90,94-99,102,104-117H,5-18,21-38,40,42-50H2,1-4H3,(H,91,100)(H,92,101)(H,93,103)/b20-19-,41-39+/t53-,54+,55?,56?,57?,58?,59?,60?,61?,63?,64?,65-,66-,67-,68-,69+,70-,71-,72+,73+,74?,75?,76?,77?,78?,79+,80+,81-,82+,83-,84+,85-,86+,87-,88-,89-,90-/m0/s1. The van der Waals surface area contributed by atoms with Gasteiger partial charge in [-0.1, -0.05) is 205 Å². The summed E-state index contributed by atoms with van der Waals surface area (Å²) in [5.74, 6) is -2.14. The van der Waals surface area contributed by atoms with Gasteiger partial charge in [-0.2, -0.15) is 0 Å². The molecular formula is C90H161N3O38. The lowest BCUT2D eigenvalue weighted by atomic mass is 9.94. The number of carbonyl (C=O) groups is 3. The summed E-state index contributed by atoms with van der Waals surface area (Å²) in [5, 5.41) is 242. The number of rotatable bonds is 62. The van der Waals surface area contributed by atoms with Crippen LogP contribution in [0.5, 0.6) is 0 Å². The molecule has 14 unspecified atom stereocenters. The molecule has 7 heterocycles.